The summed E-state index contributed by atoms with van der Waals surface area (Å²) < 4.78 is 0. The molecule has 0 spiro atoms. The second-order valence-corrected chi connectivity index (χ2v) is 15.0. The van der Waals surface area contributed by atoms with Gasteiger partial charge in [0.15, 0.2) is 11.6 Å². The molecule has 28 nitrogen and oxygen atoms in total. The van der Waals surface area contributed by atoms with Crippen molar-refractivity contribution in [1.29, 1.82) is 0 Å². The molecular formula is C40H46N14O14. The van der Waals surface area contributed by atoms with E-state index in [0.717, 1.165) is 0 Å². The van der Waals surface area contributed by atoms with Crippen LogP contribution in [0.25, 0.3) is 0 Å². The highest BCUT2D eigenvalue weighted by molar-refractivity contribution is 5.98. The highest BCUT2D eigenvalue weighted by Crippen LogP contribution is 2.24. The molecule has 0 radical (unpaired) electrons. The van der Waals surface area contributed by atoms with Gasteiger partial charge in [0.1, 0.15) is 23.5 Å². The van der Waals surface area contributed by atoms with Gasteiger partial charge in [0, 0.05) is 61.5 Å². The number of aromatic amines is 2. The lowest BCUT2D eigenvalue weighted by molar-refractivity contribution is -0.142. The van der Waals surface area contributed by atoms with Gasteiger partial charge in [0.2, 0.25) is 24.7 Å². The van der Waals surface area contributed by atoms with Crippen LogP contribution in [0.1, 0.15) is 46.4 Å². The Morgan fingerprint density at radius 3 is 1.29 bits per heavy atom. The maximum atomic E-state index is 12.4. The highest BCUT2D eigenvalue weighted by atomic mass is 16.4. The van der Waals surface area contributed by atoms with Crippen LogP contribution < -0.4 is 64.3 Å². The quantitative estimate of drug-likeness (QED) is 0.0450. The third-order valence-corrected chi connectivity index (χ3v) is 10.1. The molecule has 0 fully saturated rings. The van der Waals surface area contributed by atoms with Crippen molar-refractivity contribution in [3.63, 3.8) is 0 Å². The molecule has 0 bridgehead atoms. The Hall–Kier alpha value is -9.24. The van der Waals surface area contributed by atoms with Crippen molar-refractivity contribution in [2.45, 2.75) is 49.9 Å². The second-order valence-electron chi connectivity index (χ2n) is 15.0. The van der Waals surface area contributed by atoms with Crippen molar-refractivity contribution in [2.24, 2.45) is 0 Å². The fraction of sp³-hybridized carbons (Fsp3) is 0.300. The number of carboxylic acids is 4. The predicted molar refractivity (Wildman–Crippen MR) is 242 cm³/mol. The predicted octanol–water partition coefficient (Wildman–Crippen LogP) is -1.46. The first-order valence-corrected chi connectivity index (χ1v) is 20.3. The van der Waals surface area contributed by atoms with Crippen LogP contribution in [0.5, 0.6) is 0 Å². The zero-order valence-electron chi connectivity index (χ0n) is 35.6. The van der Waals surface area contributed by atoms with Crippen molar-refractivity contribution in [3.8, 4) is 0 Å². The molecule has 4 aromatic rings. The summed E-state index contributed by atoms with van der Waals surface area (Å²) in [5.74, 6) is -5.83. The summed E-state index contributed by atoms with van der Waals surface area (Å²) in [5.41, 5.74) is 11.8. The van der Waals surface area contributed by atoms with E-state index in [1.807, 2.05) is 0 Å². The largest absolute Gasteiger partial charge is 0.481 e. The fourth-order valence-corrected chi connectivity index (χ4v) is 6.71. The van der Waals surface area contributed by atoms with Gasteiger partial charge in [-0.25, -0.2) is 9.59 Å². The Morgan fingerprint density at radius 1 is 0.632 bits per heavy atom. The first-order chi connectivity index (χ1) is 32.3. The summed E-state index contributed by atoms with van der Waals surface area (Å²) in [7, 11) is 0. The minimum atomic E-state index is -1.35. The number of rotatable bonds is 20. The molecule has 2 aromatic carbocycles. The van der Waals surface area contributed by atoms with Crippen molar-refractivity contribution >= 4 is 94.8 Å². The van der Waals surface area contributed by atoms with Crippen LogP contribution in [-0.2, 0) is 28.8 Å². The first-order valence-electron chi connectivity index (χ1n) is 20.3. The molecule has 0 saturated carbocycles. The number of hydrogen-bond donors (Lipinski definition) is 14. The SMILES string of the molecule is Nc1nc2c(c(=O)[nH]1)NC(CN(C=O)c1ccc(C(=O)N[C@@H](CCC(=O)O)C(=O)O)cc1)CN2.Nc1nc2c(c(=O)[nH]1)NC(CN(C=O)c1ccc(C(=O)N[C@@H](CCC(=O)O)C(=O)O)cc1)CN2. The standard InChI is InChI=1S/2C20H23N7O7/c2*21-20-25-16-15(18(32)26-20)23-11(7-22-16)8-27(9-28)12-3-1-10(2-4-12)17(31)24-13(19(33)34)5-6-14(29)30/h2*1-4,9,11,13,23H,5-8H2,(H,24,31)(H,29,30)(H,33,34)(H4,21,22,25,26,32)/t2*11?,13-/m00/s1. The molecule has 2 aromatic heterocycles. The highest BCUT2D eigenvalue weighted by Gasteiger charge is 2.27. The number of aliphatic carboxylic acids is 4. The summed E-state index contributed by atoms with van der Waals surface area (Å²) in [6, 6.07) is 8.32. The maximum absolute atomic E-state index is 12.4. The third-order valence-electron chi connectivity index (χ3n) is 10.1. The topological polar surface area (TPSA) is 440 Å². The lowest BCUT2D eigenvalue weighted by atomic mass is 10.1. The van der Waals surface area contributed by atoms with Crippen molar-refractivity contribution in [3.05, 3.63) is 80.4 Å². The number of nitrogen functional groups attached to an aromatic ring is 2. The molecule has 4 atom stereocenters. The van der Waals surface area contributed by atoms with E-state index in [2.05, 4.69) is 51.8 Å². The summed E-state index contributed by atoms with van der Waals surface area (Å²) in [4.78, 5) is 132. The molecule has 6 rings (SSSR count). The van der Waals surface area contributed by atoms with Crippen LogP contribution in [0.15, 0.2) is 58.1 Å². The number of anilines is 8. The summed E-state index contributed by atoms with van der Waals surface area (Å²) in [6.45, 7) is 1.09. The van der Waals surface area contributed by atoms with Gasteiger partial charge in [-0.15, -0.1) is 0 Å². The summed E-state index contributed by atoms with van der Waals surface area (Å²) in [5, 5.41) is 52.4. The number of carbonyl (C=O) groups is 8. The average molecular weight is 947 g/mol. The number of nitrogens with two attached hydrogens (primary N) is 2. The lowest BCUT2D eigenvalue weighted by Gasteiger charge is -2.30. The number of carboxylic acid groups (broad SMARTS) is 4. The summed E-state index contributed by atoms with van der Waals surface area (Å²) >= 11 is 0. The van der Waals surface area contributed by atoms with E-state index in [-0.39, 0.29) is 72.4 Å². The maximum Gasteiger partial charge on any atom is 0.326 e. The van der Waals surface area contributed by atoms with E-state index < -0.39 is 71.7 Å². The van der Waals surface area contributed by atoms with Gasteiger partial charge in [-0.05, 0) is 61.4 Å². The smallest absolute Gasteiger partial charge is 0.326 e. The Morgan fingerprint density at radius 2 is 0.985 bits per heavy atom. The van der Waals surface area contributed by atoms with Gasteiger partial charge in [-0.1, -0.05) is 0 Å². The normalized spacial score (nSPS) is 15.1. The van der Waals surface area contributed by atoms with Crippen LogP contribution in [0, 0.1) is 0 Å². The average Bonchev–Trinajstić information content (AvgIpc) is 3.30. The van der Waals surface area contributed by atoms with Crippen LogP contribution in [0.3, 0.4) is 0 Å². The van der Waals surface area contributed by atoms with Gasteiger partial charge >= 0.3 is 23.9 Å². The van der Waals surface area contributed by atoms with Gasteiger partial charge in [0.05, 0.1) is 12.1 Å². The summed E-state index contributed by atoms with van der Waals surface area (Å²) in [6.07, 6.45) is -0.134. The molecule has 68 heavy (non-hydrogen) atoms. The molecular weight excluding hydrogens is 901 g/mol. The van der Waals surface area contributed by atoms with Gasteiger partial charge in [-0.2, -0.15) is 9.97 Å². The van der Waals surface area contributed by atoms with Crippen molar-refractivity contribution in [2.75, 3.05) is 68.7 Å². The van der Waals surface area contributed by atoms with Crippen molar-refractivity contribution < 1.29 is 58.8 Å². The number of carbonyl (C=O) groups excluding carboxylic acids is 4. The number of amides is 4. The number of benzene rings is 2. The number of nitrogens with zero attached hydrogens (tertiary/aromatic N) is 4. The molecule has 2 aliphatic rings. The van der Waals surface area contributed by atoms with E-state index in [4.69, 9.17) is 21.7 Å². The Bertz CT molecular complexity index is 2480. The Kier molecular flexibility index (Phi) is 16.5. The van der Waals surface area contributed by atoms with Gasteiger partial charge in [-0.3, -0.25) is 48.3 Å². The van der Waals surface area contributed by atoms with E-state index in [1.165, 1.54) is 58.3 Å². The molecule has 4 heterocycles. The Balaban J connectivity index is 0.000000254. The molecule has 28 heteroatoms. The zero-order valence-corrected chi connectivity index (χ0v) is 35.6. The molecule has 16 N–H and O–H groups in total. The van der Waals surface area contributed by atoms with Crippen LogP contribution in [-0.4, -0.2) is 139 Å². The number of hydrogen-bond acceptors (Lipinski definition) is 18. The molecule has 0 aliphatic carbocycles. The number of fused-ring (bicyclic) bond motifs is 2. The third kappa shape index (κ3) is 13.4. The molecule has 360 valence electrons. The lowest BCUT2D eigenvalue weighted by Crippen LogP contribution is -2.45. The van der Waals surface area contributed by atoms with Gasteiger partial charge < -0.3 is 73.6 Å². The Labute approximate surface area is 382 Å². The van der Waals surface area contributed by atoms with Gasteiger partial charge in [0.25, 0.3) is 22.9 Å². The zero-order chi connectivity index (χ0) is 49.7. The monoisotopic (exact) mass is 946 g/mol. The van der Waals surface area contributed by atoms with E-state index in [0.29, 0.717) is 48.9 Å². The van der Waals surface area contributed by atoms with Crippen LogP contribution >= 0.6 is 0 Å². The van der Waals surface area contributed by atoms with Crippen molar-refractivity contribution in [1.82, 2.24) is 30.6 Å². The molecule has 0 saturated heterocycles. The number of H-pyrrole nitrogens is 2. The molecule has 4 amide bonds. The minimum absolute atomic E-state index is 0.0216. The fourth-order valence-electron chi connectivity index (χ4n) is 6.71. The van der Waals surface area contributed by atoms with E-state index >= 15 is 0 Å². The van der Waals surface area contributed by atoms with E-state index in [1.54, 1.807) is 0 Å². The second kappa shape index (κ2) is 22.6. The van der Waals surface area contributed by atoms with E-state index in [9.17, 15) is 58.2 Å². The van der Waals surface area contributed by atoms with Crippen LogP contribution in [0.4, 0.5) is 46.3 Å². The number of aromatic nitrogens is 4. The number of nitrogens with one attached hydrogen (secondary N) is 8. The van der Waals surface area contributed by atoms with Crippen LogP contribution in [0.2, 0.25) is 0 Å². The minimum Gasteiger partial charge on any atom is -0.481 e. The first kappa shape index (κ1) is 49.8. The molecule has 2 unspecified atom stereocenters. The molecule has 2 aliphatic heterocycles.